The third kappa shape index (κ3) is 4.90. The van der Waals surface area contributed by atoms with Crippen LogP contribution in [0.25, 0.3) is 0 Å². The number of carbonyl (C=O) groups is 2. The Hall–Kier alpha value is -3.42. The second kappa shape index (κ2) is 8.72. The Bertz CT molecular complexity index is 936. The van der Waals surface area contributed by atoms with Gasteiger partial charge in [0.15, 0.2) is 0 Å². The lowest BCUT2D eigenvalue weighted by Crippen LogP contribution is -2.34. The van der Waals surface area contributed by atoms with Gasteiger partial charge in [-0.3, -0.25) is 14.9 Å². The largest absolute Gasteiger partial charge is 0.457 e. The molecule has 1 saturated heterocycles. The minimum Gasteiger partial charge on any atom is -0.457 e. The standard InChI is InChI=1S/C21H23N3O5/c1-14-7-9-23(10-8-14)19-6-5-17(24(27)28)12-18(19)21(26)29-13-15-3-2-4-16(11-15)20(22)25/h2-6,11-12,14H,7-10,13H2,1H3,(H2,22,25). The van der Waals surface area contributed by atoms with Crippen LogP contribution >= 0.6 is 0 Å². The molecule has 0 bridgehead atoms. The Morgan fingerprint density at radius 2 is 1.93 bits per heavy atom. The Labute approximate surface area is 168 Å². The maximum Gasteiger partial charge on any atom is 0.340 e. The number of nitro benzene ring substituents is 1. The van der Waals surface area contributed by atoms with E-state index in [1.807, 2.05) is 0 Å². The number of nitrogens with zero attached hydrogens (tertiary/aromatic N) is 2. The van der Waals surface area contributed by atoms with Gasteiger partial charge in [0.2, 0.25) is 5.91 Å². The number of nitro groups is 1. The number of esters is 1. The van der Waals surface area contributed by atoms with Crippen LogP contribution in [0.5, 0.6) is 0 Å². The van der Waals surface area contributed by atoms with Gasteiger partial charge in [0, 0.05) is 30.8 Å². The summed E-state index contributed by atoms with van der Waals surface area (Å²) in [6.07, 6.45) is 1.98. The lowest BCUT2D eigenvalue weighted by atomic mass is 9.98. The number of hydrogen-bond donors (Lipinski definition) is 1. The van der Waals surface area contributed by atoms with Gasteiger partial charge in [-0.1, -0.05) is 19.1 Å². The fraction of sp³-hybridized carbons (Fsp3) is 0.333. The van der Waals surface area contributed by atoms with E-state index in [9.17, 15) is 19.7 Å². The summed E-state index contributed by atoms with van der Waals surface area (Å²) in [5, 5.41) is 11.2. The molecule has 0 aromatic heterocycles. The predicted octanol–water partition coefficient (Wildman–Crippen LogP) is 3.29. The Balaban J connectivity index is 1.82. The van der Waals surface area contributed by atoms with E-state index in [4.69, 9.17) is 10.5 Å². The molecular formula is C21H23N3O5. The monoisotopic (exact) mass is 397 g/mol. The molecular weight excluding hydrogens is 374 g/mol. The van der Waals surface area contributed by atoms with Gasteiger partial charge in [-0.15, -0.1) is 0 Å². The van der Waals surface area contributed by atoms with Gasteiger partial charge >= 0.3 is 5.97 Å². The molecule has 0 atom stereocenters. The zero-order valence-corrected chi connectivity index (χ0v) is 16.2. The van der Waals surface area contributed by atoms with E-state index >= 15 is 0 Å². The van der Waals surface area contributed by atoms with Gasteiger partial charge in [-0.05, 0) is 42.5 Å². The van der Waals surface area contributed by atoms with Gasteiger partial charge in [-0.25, -0.2) is 4.79 Å². The van der Waals surface area contributed by atoms with Gasteiger partial charge < -0.3 is 15.4 Å². The smallest absolute Gasteiger partial charge is 0.340 e. The van der Waals surface area contributed by atoms with Crippen LogP contribution in [0.3, 0.4) is 0 Å². The lowest BCUT2D eigenvalue weighted by Gasteiger charge is -2.33. The van der Waals surface area contributed by atoms with E-state index in [1.54, 1.807) is 30.3 Å². The molecule has 0 saturated carbocycles. The maximum atomic E-state index is 12.8. The van der Waals surface area contributed by atoms with Crippen LogP contribution in [0.2, 0.25) is 0 Å². The number of carbonyl (C=O) groups excluding carboxylic acids is 2. The Morgan fingerprint density at radius 3 is 2.59 bits per heavy atom. The van der Waals surface area contributed by atoms with Crippen LogP contribution in [0.4, 0.5) is 11.4 Å². The highest BCUT2D eigenvalue weighted by atomic mass is 16.6. The number of nitrogens with two attached hydrogens (primary N) is 1. The van der Waals surface area contributed by atoms with Crippen molar-refractivity contribution in [3.8, 4) is 0 Å². The van der Waals surface area contributed by atoms with Crippen molar-refractivity contribution in [2.24, 2.45) is 11.7 Å². The third-order valence-electron chi connectivity index (χ3n) is 5.12. The van der Waals surface area contributed by atoms with Crippen molar-refractivity contribution in [2.45, 2.75) is 26.4 Å². The first kappa shape index (κ1) is 20.3. The molecule has 152 valence electrons. The molecule has 1 aliphatic rings. The van der Waals surface area contributed by atoms with Crippen molar-refractivity contribution >= 4 is 23.3 Å². The number of benzene rings is 2. The van der Waals surface area contributed by atoms with E-state index < -0.39 is 16.8 Å². The van der Waals surface area contributed by atoms with Crippen LogP contribution < -0.4 is 10.6 Å². The molecule has 0 spiro atoms. The fourth-order valence-electron chi connectivity index (χ4n) is 3.37. The summed E-state index contributed by atoms with van der Waals surface area (Å²) in [6.45, 7) is 3.67. The van der Waals surface area contributed by atoms with Crippen molar-refractivity contribution < 1.29 is 19.2 Å². The number of primary amides is 1. The van der Waals surface area contributed by atoms with Crippen LogP contribution in [0.15, 0.2) is 42.5 Å². The predicted molar refractivity (Wildman–Crippen MR) is 108 cm³/mol. The highest BCUT2D eigenvalue weighted by Gasteiger charge is 2.24. The molecule has 2 aromatic rings. The van der Waals surface area contributed by atoms with Crippen LogP contribution in [-0.4, -0.2) is 29.9 Å². The van der Waals surface area contributed by atoms with Gasteiger partial charge in [0.25, 0.3) is 5.69 Å². The average Bonchev–Trinajstić information content (AvgIpc) is 2.72. The molecule has 2 N–H and O–H groups in total. The number of rotatable bonds is 6. The molecule has 8 nitrogen and oxygen atoms in total. The molecule has 0 unspecified atom stereocenters. The van der Waals surface area contributed by atoms with E-state index in [0.717, 1.165) is 25.9 Å². The average molecular weight is 397 g/mol. The summed E-state index contributed by atoms with van der Waals surface area (Å²) in [6, 6.07) is 10.8. The second-order valence-corrected chi connectivity index (χ2v) is 7.27. The molecule has 1 fully saturated rings. The SMILES string of the molecule is CC1CCN(c2ccc([N+](=O)[O-])cc2C(=O)OCc2cccc(C(N)=O)c2)CC1. The quantitative estimate of drug-likeness (QED) is 0.454. The number of ether oxygens (including phenoxy) is 1. The molecule has 1 amide bonds. The molecule has 29 heavy (non-hydrogen) atoms. The highest BCUT2D eigenvalue weighted by Crippen LogP contribution is 2.30. The van der Waals surface area contributed by atoms with E-state index in [1.165, 1.54) is 12.1 Å². The summed E-state index contributed by atoms with van der Waals surface area (Å²) >= 11 is 0. The normalized spacial score (nSPS) is 14.4. The summed E-state index contributed by atoms with van der Waals surface area (Å²) in [7, 11) is 0. The fourth-order valence-corrected chi connectivity index (χ4v) is 3.37. The molecule has 1 aliphatic heterocycles. The molecule has 2 aromatic carbocycles. The minimum atomic E-state index is -0.646. The number of hydrogen-bond acceptors (Lipinski definition) is 6. The lowest BCUT2D eigenvalue weighted by molar-refractivity contribution is -0.384. The number of amides is 1. The summed E-state index contributed by atoms with van der Waals surface area (Å²) in [5.41, 5.74) is 6.83. The summed E-state index contributed by atoms with van der Waals surface area (Å²) < 4.78 is 5.40. The van der Waals surface area contributed by atoms with Crippen molar-refractivity contribution in [1.82, 2.24) is 0 Å². The number of anilines is 1. The van der Waals surface area contributed by atoms with Crippen LogP contribution in [0, 0.1) is 16.0 Å². The Kier molecular flexibility index (Phi) is 6.11. The molecule has 1 heterocycles. The summed E-state index contributed by atoms with van der Waals surface area (Å²) in [4.78, 5) is 36.8. The zero-order chi connectivity index (χ0) is 21.0. The van der Waals surface area contributed by atoms with Crippen molar-refractivity contribution in [3.05, 3.63) is 69.3 Å². The third-order valence-corrected chi connectivity index (χ3v) is 5.12. The molecule has 3 rings (SSSR count). The van der Waals surface area contributed by atoms with Crippen molar-refractivity contribution in [2.75, 3.05) is 18.0 Å². The number of non-ortho nitro benzene ring substituents is 1. The zero-order valence-electron chi connectivity index (χ0n) is 16.2. The van der Waals surface area contributed by atoms with Crippen molar-refractivity contribution in [1.29, 1.82) is 0 Å². The van der Waals surface area contributed by atoms with Gasteiger partial charge in [0.05, 0.1) is 16.2 Å². The molecule has 0 radical (unpaired) electrons. The van der Waals surface area contributed by atoms with Gasteiger partial charge in [-0.2, -0.15) is 0 Å². The molecule has 8 heteroatoms. The van der Waals surface area contributed by atoms with E-state index in [0.29, 0.717) is 22.7 Å². The van der Waals surface area contributed by atoms with Crippen LogP contribution in [-0.2, 0) is 11.3 Å². The highest BCUT2D eigenvalue weighted by molar-refractivity contribution is 5.97. The Morgan fingerprint density at radius 1 is 1.21 bits per heavy atom. The van der Waals surface area contributed by atoms with Crippen LogP contribution in [0.1, 0.15) is 46.0 Å². The van der Waals surface area contributed by atoms with E-state index in [-0.39, 0.29) is 17.9 Å². The van der Waals surface area contributed by atoms with Gasteiger partial charge in [0.1, 0.15) is 6.61 Å². The first-order valence-electron chi connectivity index (χ1n) is 9.44. The molecule has 0 aliphatic carbocycles. The topological polar surface area (TPSA) is 116 Å². The maximum absolute atomic E-state index is 12.8. The number of piperidine rings is 1. The van der Waals surface area contributed by atoms with Crippen molar-refractivity contribution in [3.63, 3.8) is 0 Å². The van der Waals surface area contributed by atoms with E-state index in [2.05, 4.69) is 11.8 Å². The summed E-state index contributed by atoms with van der Waals surface area (Å²) in [5.74, 6) is -0.609. The first-order valence-corrected chi connectivity index (χ1v) is 9.44. The first-order chi connectivity index (χ1) is 13.8. The second-order valence-electron chi connectivity index (χ2n) is 7.27. The minimum absolute atomic E-state index is 0.0703.